The van der Waals surface area contributed by atoms with Gasteiger partial charge < -0.3 is 34.6 Å². The summed E-state index contributed by atoms with van der Waals surface area (Å²) in [6.45, 7) is 6.21. The number of nitrogens with zero attached hydrogens (tertiary/aromatic N) is 5. The average molecular weight is 701 g/mol. The number of hydrogen-bond acceptors (Lipinski definition) is 10. The van der Waals surface area contributed by atoms with Gasteiger partial charge in [-0.2, -0.15) is 4.98 Å². The maximum absolute atomic E-state index is 14.4. The molecular formula is C33H39Cl2N7O6. The van der Waals surface area contributed by atoms with Crippen molar-refractivity contribution in [2.75, 3.05) is 66.5 Å². The van der Waals surface area contributed by atoms with Gasteiger partial charge >= 0.3 is 0 Å². The second kappa shape index (κ2) is 15.4. The Morgan fingerprint density at radius 3 is 2.50 bits per heavy atom. The van der Waals surface area contributed by atoms with Gasteiger partial charge in [0, 0.05) is 68.0 Å². The molecule has 256 valence electrons. The first kappa shape index (κ1) is 35.1. The van der Waals surface area contributed by atoms with Gasteiger partial charge in [-0.05, 0) is 32.7 Å². The van der Waals surface area contributed by atoms with Crippen LogP contribution in [-0.2, 0) is 20.9 Å². The number of anilines is 1. The first-order chi connectivity index (χ1) is 23.0. The lowest BCUT2D eigenvalue weighted by atomic mass is 9.99. The molecule has 15 heteroatoms. The van der Waals surface area contributed by atoms with Crippen molar-refractivity contribution in [1.82, 2.24) is 29.7 Å². The molecule has 2 atom stereocenters. The second-order valence-corrected chi connectivity index (χ2v) is 12.7. The lowest BCUT2D eigenvalue weighted by Gasteiger charge is -2.39. The molecule has 0 bridgehead atoms. The molecule has 2 fully saturated rings. The Kier molecular flexibility index (Phi) is 11.3. The Labute approximate surface area is 288 Å². The third-order valence-electron chi connectivity index (χ3n) is 8.29. The fourth-order valence-electron chi connectivity index (χ4n) is 5.75. The van der Waals surface area contributed by atoms with Gasteiger partial charge in [-0.1, -0.05) is 35.9 Å². The van der Waals surface area contributed by atoms with Crippen LogP contribution in [0.15, 0.2) is 47.9 Å². The Balaban J connectivity index is 1.54. The number of likely N-dealkylation sites (N-methyl/N-ethyl adjacent to an activating group) is 1. The number of hydrogen-bond donors (Lipinski definition) is 2. The van der Waals surface area contributed by atoms with Crippen LogP contribution in [0.2, 0.25) is 10.0 Å². The SMILES string of the molecule is C=CC(=O)N[C@H]1CCOC[C@H]1Nc1ncc2cc(-c3c(Cl)c(OC)cc(OC)c3Cl)c(=O)n(CC3CN(C(=O)/C=C/CN(C)C)C3)c2n1. The molecule has 0 spiro atoms. The first-order valence-corrected chi connectivity index (χ1v) is 16.2. The average Bonchev–Trinajstić information content (AvgIpc) is 3.04. The van der Waals surface area contributed by atoms with Gasteiger partial charge in [-0.25, -0.2) is 4.98 Å². The van der Waals surface area contributed by atoms with Crippen LogP contribution < -0.4 is 25.7 Å². The lowest BCUT2D eigenvalue weighted by Crippen LogP contribution is -2.52. The van der Waals surface area contributed by atoms with Crippen molar-refractivity contribution in [2.24, 2.45) is 5.92 Å². The van der Waals surface area contributed by atoms with Crippen molar-refractivity contribution in [2.45, 2.75) is 25.0 Å². The Morgan fingerprint density at radius 1 is 1.15 bits per heavy atom. The molecule has 2 aliphatic rings. The van der Waals surface area contributed by atoms with Crippen molar-refractivity contribution in [3.63, 3.8) is 0 Å². The summed E-state index contributed by atoms with van der Waals surface area (Å²) in [4.78, 5) is 52.2. The number of pyridine rings is 1. The molecule has 2 aromatic heterocycles. The minimum atomic E-state index is -0.390. The summed E-state index contributed by atoms with van der Waals surface area (Å²) < 4.78 is 18.1. The highest BCUT2D eigenvalue weighted by Crippen LogP contribution is 2.45. The summed E-state index contributed by atoms with van der Waals surface area (Å²) in [5, 5.41) is 7.06. The minimum Gasteiger partial charge on any atom is -0.495 e. The van der Waals surface area contributed by atoms with E-state index in [9.17, 15) is 14.4 Å². The Bertz CT molecular complexity index is 1760. The van der Waals surface area contributed by atoms with Crippen LogP contribution >= 0.6 is 23.2 Å². The zero-order valence-electron chi connectivity index (χ0n) is 27.3. The van der Waals surface area contributed by atoms with E-state index >= 15 is 0 Å². The molecule has 2 amide bonds. The molecule has 48 heavy (non-hydrogen) atoms. The third-order valence-corrected chi connectivity index (χ3v) is 9.04. The number of methoxy groups -OCH3 is 2. The molecule has 0 radical (unpaired) electrons. The predicted molar refractivity (Wildman–Crippen MR) is 185 cm³/mol. The normalized spacial score (nSPS) is 18.2. The summed E-state index contributed by atoms with van der Waals surface area (Å²) in [5.41, 5.74) is 0.459. The van der Waals surface area contributed by atoms with E-state index in [1.807, 2.05) is 25.1 Å². The van der Waals surface area contributed by atoms with Crippen LogP contribution in [0.3, 0.4) is 0 Å². The van der Waals surface area contributed by atoms with Gasteiger partial charge in [0.1, 0.15) is 17.1 Å². The summed E-state index contributed by atoms with van der Waals surface area (Å²) >= 11 is 13.5. The number of aromatic nitrogens is 3. The van der Waals surface area contributed by atoms with Crippen LogP contribution in [-0.4, -0.2) is 109 Å². The number of halogens is 2. The largest absolute Gasteiger partial charge is 0.495 e. The number of carbonyl (C=O) groups is 2. The van der Waals surface area contributed by atoms with Gasteiger partial charge in [0.2, 0.25) is 17.8 Å². The highest BCUT2D eigenvalue weighted by Gasteiger charge is 2.32. The molecule has 5 rings (SSSR count). The smallest absolute Gasteiger partial charge is 0.260 e. The predicted octanol–water partition coefficient (Wildman–Crippen LogP) is 3.23. The molecule has 0 aliphatic carbocycles. The van der Waals surface area contributed by atoms with Crippen molar-refractivity contribution >= 4 is 52.0 Å². The van der Waals surface area contributed by atoms with Gasteiger partial charge in [0.15, 0.2) is 0 Å². The Hall–Kier alpha value is -4.17. The number of likely N-dealkylation sites (tertiary alicyclic amines) is 1. The highest BCUT2D eigenvalue weighted by atomic mass is 35.5. The number of ether oxygens (including phenoxy) is 3. The Morgan fingerprint density at radius 2 is 1.85 bits per heavy atom. The number of carbonyl (C=O) groups excluding carboxylic acids is 2. The molecule has 2 N–H and O–H groups in total. The van der Waals surface area contributed by atoms with E-state index in [1.54, 1.807) is 33.9 Å². The summed E-state index contributed by atoms with van der Waals surface area (Å²) in [6, 6.07) is 2.63. The second-order valence-electron chi connectivity index (χ2n) is 11.9. The fourth-order valence-corrected chi connectivity index (χ4v) is 6.46. The number of nitrogens with one attached hydrogen (secondary N) is 2. The molecule has 13 nitrogen and oxygen atoms in total. The molecule has 2 aliphatic heterocycles. The number of fused-ring (bicyclic) bond motifs is 1. The van der Waals surface area contributed by atoms with Gasteiger partial charge in [-0.15, -0.1) is 0 Å². The monoisotopic (exact) mass is 699 g/mol. The van der Waals surface area contributed by atoms with Crippen molar-refractivity contribution < 1.29 is 23.8 Å². The number of benzene rings is 1. The van der Waals surface area contributed by atoms with Crippen molar-refractivity contribution in [3.8, 4) is 22.6 Å². The zero-order valence-corrected chi connectivity index (χ0v) is 28.8. The van der Waals surface area contributed by atoms with Crippen LogP contribution in [0.4, 0.5) is 5.95 Å². The van der Waals surface area contributed by atoms with Gasteiger partial charge in [0.25, 0.3) is 5.56 Å². The van der Waals surface area contributed by atoms with E-state index in [2.05, 4.69) is 22.2 Å². The van der Waals surface area contributed by atoms with Crippen LogP contribution in [0.5, 0.6) is 11.5 Å². The maximum Gasteiger partial charge on any atom is 0.260 e. The first-order valence-electron chi connectivity index (χ1n) is 15.4. The maximum atomic E-state index is 14.4. The van der Waals surface area contributed by atoms with E-state index in [0.29, 0.717) is 50.3 Å². The highest BCUT2D eigenvalue weighted by molar-refractivity contribution is 6.41. The molecule has 1 aromatic carbocycles. The topological polar surface area (TPSA) is 140 Å². The van der Waals surface area contributed by atoms with Gasteiger partial charge in [0.05, 0.1) is 48.5 Å². The van der Waals surface area contributed by atoms with E-state index in [0.717, 1.165) is 0 Å². The van der Waals surface area contributed by atoms with E-state index < -0.39 is 0 Å². The molecular weight excluding hydrogens is 661 g/mol. The molecule has 4 heterocycles. The summed E-state index contributed by atoms with van der Waals surface area (Å²) in [6.07, 6.45) is 6.82. The summed E-state index contributed by atoms with van der Waals surface area (Å²) in [5.74, 6) is 0.447. The van der Waals surface area contributed by atoms with E-state index in [4.69, 9.17) is 42.4 Å². The standard InChI is InChI=1S/C33H39Cl2N7O6/c1-6-26(43)37-22-9-11-48-18-23(22)38-33-36-14-20-12-21(28-29(34)24(46-4)13-25(47-5)30(28)35)32(45)42(31(20)39-33)17-19-15-41(16-19)27(44)8-7-10-40(2)3/h6-8,12-14,19,22-23H,1,9-11,15-18H2,2-5H3,(H,37,43)(H,36,38,39)/b8-7+/t22-,23+/m0/s1. The lowest BCUT2D eigenvalue weighted by molar-refractivity contribution is -0.132. The van der Waals surface area contributed by atoms with Crippen molar-refractivity contribution in [3.05, 3.63) is 63.5 Å². The van der Waals surface area contributed by atoms with Crippen LogP contribution in [0.1, 0.15) is 6.42 Å². The fraction of sp³-hybridized carbons (Fsp3) is 0.424. The minimum absolute atomic E-state index is 0.0187. The number of amides is 2. The zero-order chi connectivity index (χ0) is 34.5. The number of rotatable bonds is 12. The van der Waals surface area contributed by atoms with Gasteiger partial charge in [-0.3, -0.25) is 19.0 Å². The molecule has 2 saturated heterocycles. The quantitative estimate of drug-likeness (QED) is 0.271. The van der Waals surface area contributed by atoms with Crippen LogP contribution in [0.25, 0.3) is 22.2 Å². The van der Waals surface area contributed by atoms with E-state index in [-0.39, 0.29) is 80.5 Å². The van der Waals surface area contributed by atoms with E-state index in [1.165, 1.54) is 20.3 Å². The molecule has 0 saturated carbocycles. The van der Waals surface area contributed by atoms with Crippen molar-refractivity contribution in [1.29, 1.82) is 0 Å². The summed E-state index contributed by atoms with van der Waals surface area (Å²) in [7, 11) is 6.78. The third kappa shape index (κ3) is 7.59. The van der Waals surface area contributed by atoms with Crippen LogP contribution in [0, 0.1) is 5.92 Å². The molecule has 0 unspecified atom stereocenters. The molecule has 3 aromatic rings.